The lowest BCUT2D eigenvalue weighted by Gasteiger charge is -2.16. The second-order valence-corrected chi connectivity index (χ2v) is 4.71. The highest BCUT2D eigenvalue weighted by atomic mass is 15.2. The highest BCUT2D eigenvalue weighted by molar-refractivity contribution is 5.17. The van der Waals surface area contributed by atoms with Gasteiger partial charge in [-0.15, -0.1) is 0 Å². The summed E-state index contributed by atoms with van der Waals surface area (Å²) in [6.45, 7) is 6.70. The molecule has 0 amide bonds. The molecule has 0 aliphatic carbocycles. The molecule has 0 saturated carbocycles. The number of rotatable bonds is 4. The first kappa shape index (κ1) is 11.6. The van der Waals surface area contributed by atoms with E-state index < -0.39 is 0 Å². The maximum absolute atomic E-state index is 4.46. The standard InChI is InChI=1S/C13H21N3/c1-11-4-3-6-15-13(11)10-16-7-5-12(9-16)8-14-2/h3-4,6,12,14H,5,7-10H2,1-2H3. The Bertz CT molecular complexity index is 338. The molecule has 1 unspecified atom stereocenters. The van der Waals surface area contributed by atoms with E-state index in [0.717, 1.165) is 19.0 Å². The Hall–Kier alpha value is -0.930. The Morgan fingerprint density at radius 1 is 1.56 bits per heavy atom. The van der Waals surface area contributed by atoms with Gasteiger partial charge in [-0.05, 0) is 51.0 Å². The Labute approximate surface area is 97.9 Å². The highest BCUT2D eigenvalue weighted by Gasteiger charge is 2.22. The smallest absolute Gasteiger partial charge is 0.0573 e. The molecule has 16 heavy (non-hydrogen) atoms. The molecule has 1 fully saturated rings. The van der Waals surface area contributed by atoms with Gasteiger partial charge in [0.1, 0.15) is 0 Å². The predicted octanol–water partition coefficient (Wildman–Crippen LogP) is 1.43. The molecule has 0 spiro atoms. The number of hydrogen-bond acceptors (Lipinski definition) is 3. The van der Waals surface area contributed by atoms with Crippen LogP contribution >= 0.6 is 0 Å². The summed E-state index contributed by atoms with van der Waals surface area (Å²) in [4.78, 5) is 6.97. The number of aryl methyl sites for hydroxylation is 1. The van der Waals surface area contributed by atoms with Crippen molar-refractivity contribution in [3.63, 3.8) is 0 Å². The third-order valence-corrected chi connectivity index (χ3v) is 3.35. The maximum Gasteiger partial charge on any atom is 0.0573 e. The topological polar surface area (TPSA) is 28.2 Å². The van der Waals surface area contributed by atoms with Gasteiger partial charge >= 0.3 is 0 Å². The van der Waals surface area contributed by atoms with E-state index in [4.69, 9.17) is 0 Å². The van der Waals surface area contributed by atoms with E-state index in [1.165, 1.54) is 30.8 Å². The van der Waals surface area contributed by atoms with Crippen LogP contribution in [-0.2, 0) is 6.54 Å². The van der Waals surface area contributed by atoms with E-state index >= 15 is 0 Å². The van der Waals surface area contributed by atoms with Crippen LogP contribution < -0.4 is 5.32 Å². The lowest BCUT2D eigenvalue weighted by Crippen LogP contribution is -2.24. The number of likely N-dealkylation sites (tertiary alicyclic amines) is 1. The molecule has 0 bridgehead atoms. The number of pyridine rings is 1. The van der Waals surface area contributed by atoms with Crippen molar-refractivity contribution in [1.82, 2.24) is 15.2 Å². The van der Waals surface area contributed by atoms with Crippen LogP contribution in [0.4, 0.5) is 0 Å². The first-order valence-corrected chi connectivity index (χ1v) is 6.07. The maximum atomic E-state index is 4.46. The molecule has 1 aromatic heterocycles. The Kier molecular flexibility index (Phi) is 3.91. The van der Waals surface area contributed by atoms with Crippen molar-refractivity contribution >= 4 is 0 Å². The van der Waals surface area contributed by atoms with Crippen LogP contribution in [0, 0.1) is 12.8 Å². The second kappa shape index (κ2) is 5.41. The quantitative estimate of drug-likeness (QED) is 0.830. The molecular formula is C13H21N3. The molecule has 1 aromatic rings. The van der Waals surface area contributed by atoms with Crippen molar-refractivity contribution in [1.29, 1.82) is 0 Å². The fourth-order valence-corrected chi connectivity index (χ4v) is 2.41. The summed E-state index contributed by atoms with van der Waals surface area (Å²) in [5.41, 5.74) is 2.53. The molecule has 1 aliphatic rings. The number of hydrogen-bond donors (Lipinski definition) is 1. The van der Waals surface area contributed by atoms with Gasteiger partial charge in [-0.3, -0.25) is 9.88 Å². The number of nitrogens with zero attached hydrogens (tertiary/aromatic N) is 2. The van der Waals surface area contributed by atoms with Crippen LogP contribution in [0.2, 0.25) is 0 Å². The van der Waals surface area contributed by atoms with Gasteiger partial charge in [-0.1, -0.05) is 6.07 Å². The predicted molar refractivity (Wildman–Crippen MR) is 66.3 cm³/mol. The second-order valence-electron chi connectivity index (χ2n) is 4.71. The summed E-state index contributed by atoms with van der Waals surface area (Å²) in [6.07, 6.45) is 3.20. The van der Waals surface area contributed by atoms with E-state index in [-0.39, 0.29) is 0 Å². The Balaban J connectivity index is 1.90. The van der Waals surface area contributed by atoms with Gasteiger partial charge < -0.3 is 5.32 Å². The Morgan fingerprint density at radius 2 is 2.44 bits per heavy atom. The van der Waals surface area contributed by atoms with Crippen LogP contribution in [0.5, 0.6) is 0 Å². The third kappa shape index (κ3) is 2.80. The van der Waals surface area contributed by atoms with Crippen LogP contribution in [0.15, 0.2) is 18.3 Å². The molecule has 1 aliphatic heterocycles. The minimum atomic E-state index is 0.814. The molecule has 1 saturated heterocycles. The lowest BCUT2D eigenvalue weighted by molar-refractivity contribution is 0.311. The van der Waals surface area contributed by atoms with Gasteiger partial charge in [-0.2, -0.15) is 0 Å². The van der Waals surface area contributed by atoms with E-state index in [9.17, 15) is 0 Å². The fourth-order valence-electron chi connectivity index (χ4n) is 2.41. The molecule has 3 heteroatoms. The molecule has 0 radical (unpaired) electrons. The first-order valence-electron chi connectivity index (χ1n) is 6.07. The summed E-state index contributed by atoms with van der Waals surface area (Å²) in [5.74, 6) is 0.814. The van der Waals surface area contributed by atoms with Gasteiger partial charge in [0.05, 0.1) is 5.69 Å². The zero-order valence-corrected chi connectivity index (χ0v) is 10.2. The van der Waals surface area contributed by atoms with E-state index in [1.54, 1.807) is 0 Å². The molecule has 3 nitrogen and oxygen atoms in total. The molecule has 1 atom stereocenters. The van der Waals surface area contributed by atoms with E-state index in [1.807, 2.05) is 19.3 Å². The zero-order valence-electron chi connectivity index (χ0n) is 10.2. The zero-order chi connectivity index (χ0) is 11.4. The number of aromatic nitrogens is 1. The summed E-state index contributed by atoms with van der Waals surface area (Å²) >= 11 is 0. The normalized spacial score (nSPS) is 21.5. The minimum Gasteiger partial charge on any atom is -0.319 e. The number of nitrogens with one attached hydrogen (secondary N) is 1. The summed E-state index contributed by atoms with van der Waals surface area (Å²) in [6, 6.07) is 4.15. The van der Waals surface area contributed by atoms with Crippen LogP contribution in [0.3, 0.4) is 0 Å². The Morgan fingerprint density at radius 3 is 3.19 bits per heavy atom. The van der Waals surface area contributed by atoms with Crippen LogP contribution in [0.1, 0.15) is 17.7 Å². The van der Waals surface area contributed by atoms with Gasteiger partial charge in [0.15, 0.2) is 0 Å². The van der Waals surface area contributed by atoms with Crippen molar-refractivity contribution in [3.8, 4) is 0 Å². The average Bonchev–Trinajstić information content (AvgIpc) is 2.70. The van der Waals surface area contributed by atoms with Crippen LogP contribution in [-0.4, -0.2) is 36.6 Å². The summed E-state index contributed by atoms with van der Waals surface area (Å²) < 4.78 is 0. The molecule has 0 aromatic carbocycles. The molecule has 1 N–H and O–H groups in total. The van der Waals surface area contributed by atoms with E-state index in [0.29, 0.717) is 0 Å². The molecule has 2 heterocycles. The molecule has 2 rings (SSSR count). The van der Waals surface area contributed by atoms with E-state index in [2.05, 4.69) is 28.2 Å². The van der Waals surface area contributed by atoms with Gasteiger partial charge in [-0.25, -0.2) is 0 Å². The molecule has 88 valence electrons. The monoisotopic (exact) mass is 219 g/mol. The lowest BCUT2D eigenvalue weighted by atomic mass is 10.1. The minimum absolute atomic E-state index is 0.814. The summed E-state index contributed by atoms with van der Waals surface area (Å²) in [7, 11) is 2.03. The van der Waals surface area contributed by atoms with Crippen molar-refractivity contribution < 1.29 is 0 Å². The van der Waals surface area contributed by atoms with Gasteiger partial charge in [0.25, 0.3) is 0 Å². The van der Waals surface area contributed by atoms with Crippen molar-refractivity contribution in [2.24, 2.45) is 5.92 Å². The molecular weight excluding hydrogens is 198 g/mol. The average molecular weight is 219 g/mol. The van der Waals surface area contributed by atoms with Gasteiger partial charge in [0, 0.05) is 19.3 Å². The van der Waals surface area contributed by atoms with Crippen molar-refractivity contribution in [2.45, 2.75) is 19.9 Å². The summed E-state index contributed by atoms with van der Waals surface area (Å²) in [5, 5.41) is 3.26. The fraction of sp³-hybridized carbons (Fsp3) is 0.615. The SMILES string of the molecule is CNCC1CCN(Cc2ncccc2C)C1. The van der Waals surface area contributed by atoms with Crippen molar-refractivity contribution in [2.75, 3.05) is 26.7 Å². The highest BCUT2D eigenvalue weighted by Crippen LogP contribution is 2.18. The van der Waals surface area contributed by atoms with Crippen LogP contribution in [0.25, 0.3) is 0 Å². The van der Waals surface area contributed by atoms with Crippen molar-refractivity contribution in [3.05, 3.63) is 29.6 Å². The van der Waals surface area contributed by atoms with Gasteiger partial charge in [0.2, 0.25) is 0 Å². The largest absolute Gasteiger partial charge is 0.319 e. The first-order chi connectivity index (χ1) is 7.79. The third-order valence-electron chi connectivity index (χ3n) is 3.35.